The van der Waals surface area contributed by atoms with Gasteiger partial charge in [0.1, 0.15) is 0 Å². The van der Waals surface area contributed by atoms with Crippen LogP contribution in [0.3, 0.4) is 0 Å². The number of carbonyl (C=O) groups is 1. The summed E-state index contributed by atoms with van der Waals surface area (Å²) in [6.45, 7) is 9.40. The Morgan fingerprint density at radius 2 is 1.86 bits per heavy atom. The Labute approximate surface area is 129 Å². The third kappa shape index (κ3) is 5.26. The highest BCUT2D eigenvalue weighted by Gasteiger charge is 2.31. The molecule has 0 aliphatic carbocycles. The molecule has 2 fully saturated rings. The van der Waals surface area contributed by atoms with Crippen LogP contribution >= 0.6 is 0 Å². The molecular weight excluding hydrogens is 264 g/mol. The summed E-state index contributed by atoms with van der Waals surface area (Å²) in [5, 5.41) is 8.93. The van der Waals surface area contributed by atoms with Crippen molar-refractivity contribution in [2.75, 3.05) is 26.2 Å². The van der Waals surface area contributed by atoms with E-state index in [1.807, 2.05) is 0 Å². The zero-order valence-corrected chi connectivity index (χ0v) is 13.8. The molecule has 0 bridgehead atoms. The molecule has 1 N–H and O–H groups in total. The average molecular weight is 296 g/mol. The Bertz CT molecular complexity index is 325. The van der Waals surface area contributed by atoms with Gasteiger partial charge in [0.05, 0.1) is 0 Å². The van der Waals surface area contributed by atoms with E-state index in [1.54, 1.807) is 0 Å². The Kier molecular flexibility index (Phi) is 6.49. The molecule has 0 amide bonds. The highest BCUT2D eigenvalue weighted by molar-refractivity contribution is 5.66. The van der Waals surface area contributed by atoms with Gasteiger partial charge in [-0.2, -0.15) is 0 Å². The van der Waals surface area contributed by atoms with E-state index in [1.165, 1.54) is 58.3 Å². The van der Waals surface area contributed by atoms with Crippen molar-refractivity contribution in [1.29, 1.82) is 0 Å². The summed E-state index contributed by atoms with van der Waals surface area (Å²) < 4.78 is 0. The lowest BCUT2D eigenvalue weighted by atomic mass is 9.92. The van der Waals surface area contributed by atoms with Crippen LogP contribution in [0.5, 0.6) is 0 Å². The van der Waals surface area contributed by atoms with Crippen molar-refractivity contribution < 1.29 is 9.90 Å². The normalized spacial score (nSPS) is 26.3. The van der Waals surface area contributed by atoms with Gasteiger partial charge in [-0.3, -0.25) is 9.69 Å². The van der Waals surface area contributed by atoms with Crippen molar-refractivity contribution >= 4 is 5.97 Å². The highest BCUT2D eigenvalue weighted by Crippen LogP contribution is 2.27. The van der Waals surface area contributed by atoms with E-state index >= 15 is 0 Å². The number of nitrogens with zero attached hydrogens (tertiary/aromatic N) is 2. The van der Waals surface area contributed by atoms with E-state index in [-0.39, 0.29) is 0 Å². The molecule has 2 aliphatic rings. The lowest BCUT2D eigenvalue weighted by Gasteiger charge is -2.45. The lowest BCUT2D eigenvalue weighted by Crippen LogP contribution is -2.51. The summed E-state index contributed by atoms with van der Waals surface area (Å²) in [4.78, 5) is 16.1. The van der Waals surface area contributed by atoms with Crippen molar-refractivity contribution in [1.82, 2.24) is 9.80 Å². The van der Waals surface area contributed by atoms with E-state index in [4.69, 9.17) is 5.11 Å². The molecular formula is C17H32N2O2. The Hall–Kier alpha value is -0.610. The first-order valence-electron chi connectivity index (χ1n) is 8.76. The number of carboxylic acids is 1. The molecule has 0 spiro atoms. The van der Waals surface area contributed by atoms with Gasteiger partial charge in [-0.25, -0.2) is 0 Å². The third-order valence-corrected chi connectivity index (χ3v) is 5.01. The van der Waals surface area contributed by atoms with E-state index in [9.17, 15) is 4.79 Å². The number of likely N-dealkylation sites (tertiary alicyclic amines) is 2. The molecule has 0 radical (unpaired) electrons. The molecule has 122 valence electrons. The first-order valence-corrected chi connectivity index (χ1v) is 8.76. The van der Waals surface area contributed by atoms with Crippen molar-refractivity contribution in [3.63, 3.8) is 0 Å². The van der Waals surface area contributed by atoms with E-state index in [0.29, 0.717) is 18.5 Å². The van der Waals surface area contributed by atoms with Crippen molar-refractivity contribution in [3.8, 4) is 0 Å². The van der Waals surface area contributed by atoms with Gasteiger partial charge in [-0.05, 0) is 57.7 Å². The summed E-state index contributed by atoms with van der Waals surface area (Å²) in [6.07, 6.45) is 7.43. The average Bonchev–Trinajstić information content (AvgIpc) is 2.46. The highest BCUT2D eigenvalue weighted by atomic mass is 16.4. The van der Waals surface area contributed by atoms with Crippen LogP contribution in [0, 0.1) is 5.92 Å². The standard InChI is InChI=1S/C17H32N2O2/c1-14(2)13-18-11-8-16(9-12-18)19-10-4-3-5-15(19)6-7-17(20)21/h14-16H,3-13H2,1-2H3,(H,20,21). The predicted octanol–water partition coefficient (Wildman–Crippen LogP) is 2.83. The molecule has 2 rings (SSSR count). The first kappa shape index (κ1) is 16.8. The fraction of sp³-hybridized carbons (Fsp3) is 0.941. The van der Waals surface area contributed by atoms with Crippen LogP contribution in [0.25, 0.3) is 0 Å². The maximum absolute atomic E-state index is 10.8. The van der Waals surface area contributed by atoms with Crippen molar-refractivity contribution in [2.45, 2.75) is 70.9 Å². The van der Waals surface area contributed by atoms with Gasteiger partial charge in [-0.15, -0.1) is 0 Å². The topological polar surface area (TPSA) is 43.8 Å². The second kappa shape index (κ2) is 8.14. The van der Waals surface area contributed by atoms with Gasteiger partial charge in [0.2, 0.25) is 0 Å². The minimum Gasteiger partial charge on any atom is -0.481 e. The number of rotatable bonds is 6. The summed E-state index contributed by atoms with van der Waals surface area (Å²) in [6, 6.07) is 1.20. The van der Waals surface area contributed by atoms with Crippen LogP contribution in [0.1, 0.15) is 58.8 Å². The van der Waals surface area contributed by atoms with Crippen LogP contribution in [-0.2, 0) is 4.79 Å². The molecule has 21 heavy (non-hydrogen) atoms. The second-order valence-electron chi connectivity index (χ2n) is 7.25. The summed E-state index contributed by atoms with van der Waals surface area (Å²) in [5.41, 5.74) is 0. The van der Waals surface area contributed by atoms with Crippen LogP contribution in [0.15, 0.2) is 0 Å². The van der Waals surface area contributed by atoms with Crippen LogP contribution in [0.4, 0.5) is 0 Å². The zero-order valence-electron chi connectivity index (χ0n) is 13.8. The summed E-state index contributed by atoms with van der Waals surface area (Å²) in [7, 11) is 0. The molecule has 4 nitrogen and oxygen atoms in total. The minimum atomic E-state index is -0.646. The summed E-state index contributed by atoms with van der Waals surface area (Å²) >= 11 is 0. The molecule has 0 aromatic carbocycles. The van der Waals surface area contributed by atoms with Crippen molar-refractivity contribution in [2.24, 2.45) is 5.92 Å². The predicted molar refractivity (Wildman–Crippen MR) is 85.5 cm³/mol. The molecule has 0 aromatic rings. The second-order valence-corrected chi connectivity index (χ2v) is 7.25. The van der Waals surface area contributed by atoms with Gasteiger partial charge >= 0.3 is 5.97 Å². The fourth-order valence-electron chi connectivity index (χ4n) is 4.05. The maximum atomic E-state index is 10.8. The number of hydrogen-bond acceptors (Lipinski definition) is 3. The van der Waals surface area contributed by atoms with Crippen LogP contribution < -0.4 is 0 Å². The number of piperidine rings is 2. The number of hydrogen-bond donors (Lipinski definition) is 1. The molecule has 0 saturated carbocycles. The molecule has 4 heteroatoms. The molecule has 2 heterocycles. The van der Waals surface area contributed by atoms with Gasteiger partial charge in [-0.1, -0.05) is 20.3 Å². The van der Waals surface area contributed by atoms with Gasteiger partial charge in [0.25, 0.3) is 0 Å². The quantitative estimate of drug-likeness (QED) is 0.818. The van der Waals surface area contributed by atoms with Gasteiger partial charge < -0.3 is 10.0 Å². The van der Waals surface area contributed by atoms with Crippen LogP contribution in [0.2, 0.25) is 0 Å². The molecule has 1 atom stereocenters. The number of aliphatic carboxylic acids is 1. The lowest BCUT2D eigenvalue weighted by molar-refractivity contribution is -0.137. The molecule has 0 aromatic heterocycles. The van der Waals surface area contributed by atoms with Crippen LogP contribution in [-0.4, -0.2) is 59.1 Å². The minimum absolute atomic E-state index is 0.327. The molecule has 1 unspecified atom stereocenters. The van der Waals surface area contributed by atoms with E-state index in [0.717, 1.165) is 12.3 Å². The zero-order chi connectivity index (χ0) is 15.2. The summed E-state index contributed by atoms with van der Waals surface area (Å²) in [5.74, 6) is 0.104. The number of carboxylic acid groups (broad SMARTS) is 1. The largest absolute Gasteiger partial charge is 0.481 e. The molecule has 2 saturated heterocycles. The first-order chi connectivity index (χ1) is 10.1. The maximum Gasteiger partial charge on any atom is 0.303 e. The Balaban J connectivity index is 1.83. The molecule has 2 aliphatic heterocycles. The van der Waals surface area contributed by atoms with Gasteiger partial charge in [0, 0.05) is 25.0 Å². The smallest absolute Gasteiger partial charge is 0.303 e. The Morgan fingerprint density at radius 1 is 1.14 bits per heavy atom. The fourth-order valence-corrected chi connectivity index (χ4v) is 4.05. The Morgan fingerprint density at radius 3 is 2.48 bits per heavy atom. The van der Waals surface area contributed by atoms with Crippen molar-refractivity contribution in [3.05, 3.63) is 0 Å². The van der Waals surface area contributed by atoms with E-state index < -0.39 is 5.97 Å². The van der Waals surface area contributed by atoms with Gasteiger partial charge in [0.15, 0.2) is 0 Å². The van der Waals surface area contributed by atoms with E-state index in [2.05, 4.69) is 23.6 Å². The monoisotopic (exact) mass is 296 g/mol. The third-order valence-electron chi connectivity index (χ3n) is 5.01. The SMILES string of the molecule is CC(C)CN1CCC(N2CCCCC2CCC(=O)O)CC1.